The largest absolute Gasteiger partial charge is 0.500 e. The van der Waals surface area contributed by atoms with Gasteiger partial charge in [0.15, 0.2) is 0 Å². The van der Waals surface area contributed by atoms with Crippen LogP contribution in [0.15, 0.2) is 23.5 Å². The van der Waals surface area contributed by atoms with E-state index in [1.54, 1.807) is 7.11 Å². The first-order chi connectivity index (χ1) is 11.9. The molecule has 0 aromatic heterocycles. The number of hydrogen-bond acceptors (Lipinski definition) is 3. The molecule has 3 fully saturated rings. The van der Waals surface area contributed by atoms with Crippen LogP contribution in [-0.4, -0.2) is 12.9 Å². The van der Waals surface area contributed by atoms with Crippen molar-refractivity contribution in [2.75, 3.05) is 7.11 Å². The van der Waals surface area contributed by atoms with Gasteiger partial charge < -0.3 is 4.74 Å². The molecule has 0 N–H and O–H groups in total. The first kappa shape index (κ1) is 15.7. The second-order valence-electron chi connectivity index (χ2n) is 9.57. The fourth-order valence-electron chi connectivity index (χ4n) is 7.37. The highest BCUT2D eigenvalue weighted by molar-refractivity contribution is 5.92. The van der Waals surface area contributed by atoms with Gasteiger partial charge in [-0.3, -0.25) is 4.79 Å². The molecular weight excluding hydrogens is 310 g/mol. The zero-order valence-electron chi connectivity index (χ0n) is 15.4. The molecule has 132 valence electrons. The van der Waals surface area contributed by atoms with Gasteiger partial charge in [-0.25, -0.2) is 0 Å². The normalized spacial score (nSPS) is 52.6. The minimum Gasteiger partial charge on any atom is -0.500 e. The van der Waals surface area contributed by atoms with Crippen molar-refractivity contribution in [3.8, 4) is 6.07 Å². The van der Waals surface area contributed by atoms with Crippen LogP contribution in [0, 0.1) is 57.7 Å². The van der Waals surface area contributed by atoms with Gasteiger partial charge in [-0.15, -0.1) is 0 Å². The van der Waals surface area contributed by atoms with Crippen LogP contribution in [0.5, 0.6) is 0 Å². The van der Waals surface area contributed by atoms with Crippen LogP contribution < -0.4 is 0 Å². The summed E-state index contributed by atoms with van der Waals surface area (Å²) in [6.45, 7) is 4.62. The summed E-state index contributed by atoms with van der Waals surface area (Å²) < 4.78 is 5.50. The van der Waals surface area contributed by atoms with E-state index < -0.39 is 0 Å². The molecule has 0 radical (unpaired) electrons. The molecule has 5 aliphatic rings. The summed E-state index contributed by atoms with van der Waals surface area (Å²) >= 11 is 0. The Morgan fingerprint density at radius 1 is 1.28 bits per heavy atom. The molecule has 5 aliphatic carbocycles. The lowest BCUT2D eigenvalue weighted by Crippen LogP contribution is -2.51. The molecular formula is C22H27NO2. The van der Waals surface area contributed by atoms with E-state index in [1.807, 2.05) is 0 Å². The van der Waals surface area contributed by atoms with E-state index in [1.165, 1.54) is 5.57 Å². The van der Waals surface area contributed by atoms with Gasteiger partial charge in [0, 0.05) is 11.3 Å². The number of ether oxygens (including phenoxy) is 1. The first-order valence-corrected chi connectivity index (χ1v) is 9.84. The third-order valence-corrected chi connectivity index (χ3v) is 8.64. The van der Waals surface area contributed by atoms with Crippen LogP contribution in [0.3, 0.4) is 0 Å². The van der Waals surface area contributed by atoms with Gasteiger partial charge in [-0.2, -0.15) is 5.26 Å². The smallest absolute Gasteiger partial charge is 0.142 e. The van der Waals surface area contributed by atoms with E-state index in [-0.39, 0.29) is 16.7 Å². The quantitative estimate of drug-likeness (QED) is 0.718. The van der Waals surface area contributed by atoms with Crippen molar-refractivity contribution in [2.24, 2.45) is 46.3 Å². The minimum atomic E-state index is -0.141. The van der Waals surface area contributed by atoms with E-state index in [0.717, 1.165) is 37.9 Å². The molecule has 5 rings (SSSR count). The molecule has 0 aliphatic heterocycles. The van der Waals surface area contributed by atoms with Crippen LogP contribution in [0.4, 0.5) is 0 Å². The molecule has 0 heterocycles. The Kier molecular flexibility index (Phi) is 3.00. The zero-order chi connectivity index (χ0) is 17.6. The fraction of sp³-hybridized carbons (Fsp3) is 0.727. The van der Waals surface area contributed by atoms with Crippen molar-refractivity contribution >= 4 is 5.78 Å². The molecule has 3 saturated carbocycles. The maximum atomic E-state index is 12.8. The van der Waals surface area contributed by atoms with Gasteiger partial charge in [-0.05, 0) is 72.8 Å². The summed E-state index contributed by atoms with van der Waals surface area (Å²) in [5, 5.41) is 9.63. The Morgan fingerprint density at radius 3 is 2.80 bits per heavy atom. The standard InChI is InChI=1S/C22H27NO2/c1-21-7-6-17-14(19(21)15-9-16(15)20(21)24)5-4-13-8-18(25-3)12(11-23)10-22(13,17)2/h4,8,12,14-17,19H,5-7,9-10H2,1-3H3/t12?,14-,15+,16-,17+,19-,21+,22+/m1/s1. The second-order valence-corrected chi connectivity index (χ2v) is 9.57. The van der Waals surface area contributed by atoms with Gasteiger partial charge in [0.05, 0.1) is 13.2 Å². The van der Waals surface area contributed by atoms with Crippen molar-refractivity contribution in [3.05, 3.63) is 23.5 Å². The molecule has 0 bridgehead atoms. The predicted octanol–water partition coefficient (Wildman–Crippen LogP) is 4.26. The summed E-state index contributed by atoms with van der Waals surface area (Å²) in [6.07, 6.45) is 9.82. The lowest BCUT2D eigenvalue weighted by molar-refractivity contribution is -0.135. The monoisotopic (exact) mass is 337 g/mol. The number of rotatable bonds is 1. The van der Waals surface area contributed by atoms with Crippen molar-refractivity contribution < 1.29 is 9.53 Å². The zero-order valence-corrected chi connectivity index (χ0v) is 15.4. The van der Waals surface area contributed by atoms with Crippen LogP contribution in [0.25, 0.3) is 0 Å². The third-order valence-electron chi connectivity index (χ3n) is 8.64. The molecule has 0 aromatic rings. The van der Waals surface area contributed by atoms with Gasteiger partial charge in [-0.1, -0.05) is 19.9 Å². The molecule has 25 heavy (non-hydrogen) atoms. The second kappa shape index (κ2) is 4.78. The minimum absolute atomic E-state index is 0.0582. The number of fused-ring (bicyclic) bond motifs is 7. The van der Waals surface area contributed by atoms with E-state index in [9.17, 15) is 10.1 Å². The number of allylic oxidation sites excluding steroid dienone is 4. The Morgan fingerprint density at radius 2 is 2.08 bits per heavy atom. The van der Waals surface area contributed by atoms with Crippen LogP contribution in [0.2, 0.25) is 0 Å². The number of nitriles is 1. The van der Waals surface area contributed by atoms with E-state index in [0.29, 0.717) is 35.4 Å². The number of ketones is 1. The van der Waals surface area contributed by atoms with Crippen molar-refractivity contribution in [3.63, 3.8) is 0 Å². The first-order valence-electron chi connectivity index (χ1n) is 9.84. The lowest BCUT2D eigenvalue weighted by Gasteiger charge is -2.56. The Labute approximate surface area is 150 Å². The van der Waals surface area contributed by atoms with Gasteiger partial charge in [0.1, 0.15) is 17.5 Å². The molecule has 1 unspecified atom stereocenters. The Balaban J connectivity index is 1.56. The maximum absolute atomic E-state index is 12.8. The average molecular weight is 337 g/mol. The van der Waals surface area contributed by atoms with Crippen LogP contribution >= 0.6 is 0 Å². The average Bonchev–Trinajstić information content (AvgIpc) is 3.34. The molecule has 0 aromatic carbocycles. The topological polar surface area (TPSA) is 50.1 Å². The van der Waals surface area contributed by atoms with E-state index in [2.05, 4.69) is 32.1 Å². The Hall–Kier alpha value is -1.56. The number of hydrogen-bond donors (Lipinski definition) is 0. The third kappa shape index (κ3) is 1.79. The SMILES string of the molecule is COC1=CC2=CC[C@H]3[C@@H]4[C@H]5C[C@H]5C(=O)[C@@]4(C)CC[C@@H]3[C@@]2(C)CC1C#N. The number of nitrogens with zero attached hydrogens (tertiary/aromatic N) is 1. The molecule has 0 amide bonds. The Bertz CT molecular complexity index is 758. The lowest BCUT2D eigenvalue weighted by atomic mass is 9.47. The number of carbonyl (C=O) groups is 1. The van der Waals surface area contributed by atoms with Gasteiger partial charge in [0.2, 0.25) is 0 Å². The summed E-state index contributed by atoms with van der Waals surface area (Å²) in [6, 6.07) is 2.46. The number of methoxy groups -OCH3 is 1. The summed E-state index contributed by atoms with van der Waals surface area (Å²) in [7, 11) is 1.68. The van der Waals surface area contributed by atoms with Crippen LogP contribution in [-0.2, 0) is 9.53 Å². The van der Waals surface area contributed by atoms with Gasteiger partial charge >= 0.3 is 0 Å². The molecule has 8 atom stereocenters. The molecule has 0 spiro atoms. The van der Waals surface area contributed by atoms with Crippen LogP contribution in [0.1, 0.15) is 46.0 Å². The highest BCUT2D eigenvalue weighted by Crippen LogP contribution is 2.71. The van der Waals surface area contributed by atoms with Crippen molar-refractivity contribution in [2.45, 2.75) is 46.0 Å². The number of carbonyl (C=O) groups excluding carboxylic acids is 1. The fourth-order valence-corrected chi connectivity index (χ4v) is 7.37. The predicted molar refractivity (Wildman–Crippen MR) is 94.0 cm³/mol. The van der Waals surface area contributed by atoms with Crippen molar-refractivity contribution in [1.82, 2.24) is 0 Å². The summed E-state index contributed by atoms with van der Waals surface area (Å²) in [5.74, 6) is 4.08. The highest BCUT2D eigenvalue weighted by Gasteiger charge is 2.70. The maximum Gasteiger partial charge on any atom is 0.142 e. The molecule has 3 nitrogen and oxygen atoms in total. The van der Waals surface area contributed by atoms with E-state index in [4.69, 9.17) is 4.74 Å². The molecule has 0 saturated heterocycles. The van der Waals surface area contributed by atoms with Gasteiger partial charge in [0.25, 0.3) is 0 Å². The van der Waals surface area contributed by atoms with E-state index >= 15 is 0 Å². The van der Waals surface area contributed by atoms with Crippen molar-refractivity contribution in [1.29, 1.82) is 5.26 Å². The molecule has 3 heteroatoms. The summed E-state index contributed by atoms with van der Waals surface area (Å²) in [5.41, 5.74) is 1.37. The highest BCUT2D eigenvalue weighted by atomic mass is 16.5. The number of Topliss-reactive ketones (excluding diaryl/α,β-unsaturated/α-hetero) is 1. The summed E-state index contributed by atoms with van der Waals surface area (Å²) in [4.78, 5) is 12.8.